The van der Waals surface area contributed by atoms with Crippen molar-refractivity contribution in [2.45, 2.75) is 13.0 Å². The number of nitriles is 1. The van der Waals surface area contributed by atoms with Crippen LogP contribution in [0.4, 0.5) is 0 Å². The van der Waals surface area contributed by atoms with Crippen LogP contribution in [-0.4, -0.2) is 18.5 Å². The predicted molar refractivity (Wildman–Crippen MR) is 123 cm³/mol. The van der Waals surface area contributed by atoms with Gasteiger partial charge in [-0.15, -0.1) is 0 Å². The molecule has 1 aliphatic rings. The summed E-state index contributed by atoms with van der Waals surface area (Å²) in [5.74, 6) is 0.724. The second-order valence-electron chi connectivity index (χ2n) is 7.52. The number of hydrogen-bond acceptors (Lipinski definition) is 3. The first kappa shape index (κ1) is 18.1. The van der Waals surface area contributed by atoms with Gasteiger partial charge in [-0.25, -0.2) is 4.99 Å². The van der Waals surface area contributed by atoms with Gasteiger partial charge in [-0.3, -0.25) is 0 Å². The van der Waals surface area contributed by atoms with E-state index in [9.17, 15) is 5.26 Å². The second kappa shape index (κ2) is 7.50. The van der Waals surface area contributed by atoms with Crippen molar-refractivity contribution >= 4 is 39.6 Å². The van der Waals surface area contributed by atoms with E-state index in [1.165, 1.54) is 0 Å². The summed E-state index contributed by atoms with van der Waals surface area (Å²) in [6.45, 7) is 2.75. The summed E-state index contributed by atoms with van der Waals surface area (Å²) in [5, 5.41) is 13.9. The standard InChI is InChI=1S/C27H20N2O/c1-18-17-29-27(30-18)20-13-10-19(11-14-20)12-15-25-21-6-2-4-8-23(21)26(16-28)24-9-5-3-7-22(24)25/h2-15,18H,17H2,1H3/b15-12+. The average Bonchev–Trinajstić information content (AvgIpc) is 3.23. The van der Waals surface area contributed by atoms with E-state index in [1.807, 2.05) is 55.5 Å². The van der Waals surface area contributed by atoms with Crippen molar-refractivity contribution in [2.24, 2.45) is 4.99 Å². The monoisotopic (exact) mass is 388 g/mol. The zero-order valence-corrected chi connectivity index (χ0v) is 16.7. The Kier molecular flexibility index (Phi) is 4.53. The first-order chi connectivity index (χ1) is 14.7. The van der Waals surface area contributed by atoms with Crippen molar-refractivity contribution in [1.29, 1.82) is 5.26 Å². The molecule has 3 nitrogen and oxygen atoms in total. The molecule has 0 bridgehead atoms. The lowest BCUT2D eigenvalue weighted by molar-refractivity contribution is 0.246. The van der Waals surface area contributed by atoms with E-state index in [-0.39, 0.29) is 6.10 Å². The van der Waals surface area contributed by atoms with Crippen molar-refractivity contribution in [3.05, 3.63) is 95.1 Å². The summed E-state index contributed by atoms with van der Waals surface area (Å²) < 4.78 is 5.74. The first-order valence-electron chi connectivity index (χ1n) is 10.1. The quantitative estimate of drug-likeness (QED) is 0.310. The molecule has 4 aromatic rings. The smallest absolute Gasteiger partial charge is 0.216 e. The van der Waals surface area contributed by atoms with Gasteiger partial charge in [-0.05, 0) is 41.0 Å². The fraction of sp³-hybridized carbons (Fsp3) is 0.111. The van der Waals surface area contributed by atoms with E-state index >= 15 is 0 Å². The molecule has 0 amide bonds. The maximum absolute atomic E-state index is 9.78. The Morgan fingerprint density at radius 2 is 1.47 bits per heavy atom. The van der Waals surface area contributed by atoms with Gasteiger partial charge in [0.15, 0.2) is 0 Å². The summed E-state index contributed by atoms with van der Waals surface area (Å²) >= 11 is 0. The summed E-state index contributed by atoms with van der Waals surface area (Å²) in [5.41, 5.74) is 3.96. The highest BCUT2D eigenvalue weighted by Gasteiger charge is 2.16. The normalized spacial score (nSPS) is 16.0. The molecule has 1 unspecified atom stereocenters. The molecule has 5 rings (SSSR count). The molecule has 0 aromatic heterocycles. The Balaban J connectivity index is 1.58. The van der Waals surface area contributed by atoms with Crippen LogP contribution in [0, 0.1) is 11.3 Å². The van der Waals surface area contributed by atoms with Crippen molar-refractivity contribution in [1.82, 2.24) is 0 Å². The summed E-state index contributed by atoms with van der Waals surface area (Å²) in [6, 6.07) is 26.9. The topological polar surface area (TPSA) is 45.4 Å². The van der Waals surface area contributed by atoms with Gasteiger partial charge in [0, 0.05) is 16.3 Å². The van der Waals surface area contributed by atoms with Crippen LogP contribution >= 0.6 is 0 Å². The third-order valence-corrected chi connectivity index (χ3v) is 5.49. The predicted octanol–water partition coefficient (Wildman–Crippen LogP) is 6.20. The fourth-order valence-corrected chi connectivity index (χ4v) is 4.01. The Morgan fingerprint density at radius 1 is 0.867 bits per heavy atom. The largest absolute Gasteiger partial charge is 0.472 e. The molecule has 0 saturated carbocycles. The molecule has 4 aromatic carbocycles. The van der Waals surface area contributed by atoms with E-state index < -0.39 is 0 Å². The van der Waals surface area contributed by atoms with Gasteiger partial charge >= 0.3 is 0 Å². The van der Waals surface area contributed by atoms with Crippen molar-refractivity contribution in [2.75, 3.05) is 6.54 Å². The van der Waals surface area contributed by atoms with Crippen LogP contribution in [0.15, 0.2) is 77.8 Å². The minimum atomic E-state index is 0.150. The van der Waals surface area contributed by atoms with Crippen LogP contribution in [0.5, 0.6) is 0 Å². The Labute approximate surface area is 175 Å². The zero-order chi connectivity index (χ0) is 20.5. The Morgan fingerprint density at radius 3 is 2.00 bits per heavy atom. The highest BCUT2D eigenvalue weighted by atomic mass is 16.5. The van der Waals surface area contributed by atoms with Crippen LogP contribution < -0.4 is 0 Å². The molecule has 0 saturated heterocycles. The third-order valence-electron chi connectivity index (χ3n) is 5.49. The van der Waals surface area contributed by atoms with Gasteiger partial charge in [0.25, 0.3) is 0 Å². The van der Waals surface area contributed by atoms with Gasteiger partial charge in [0.05, 0.1) is 12.1 Å². The maximum atomic E-state index is 9.78. The van der Waals surface area contributed by atoms with Crippen LogP contribution in [0.1, 0.15) is 29.2 Å². The summed E-state index contributed by atoms with van der Waals surface area (Å²) in [4.78, 5) is 4.44. The lowest BCUT2D eigenvalue weighted by Gasteiger charge is -2.11. The number of rotatable bonds is 3. The number of ether oxygens (including phenoxy) is 1. The molecule has 0 spiro atoms. The third kappa shape index (κ3) is 3.13. The van der Waals surface area contributed by atoms with Crippen molar-refractivity contribution in [3.8, 4) is 6.07 Å². The molecule has 1 aliphatic heterocycles. The highest BCUT2D eigenvalue weighted by molar-refractivity contribution is 6.12. The zero-order valence-electron chi connectivity index (χ0n) is 16.7. The van der Waals surface area contributed by atoms with Crippen LogP contribution in [0.3, 0.4) is 0 Å². The molecule has 0 fully saturated rings. The Hall–Kier alpha value is -3.90. The van der Waals surface area contributed by atoms with E-state index in [1.54, 1.807) is 0 Å². The number of nitrogens with zero attached hydrogens (tertiary/aromatic N) is 2. The summed E-state index contributed by atoms with van der Waals surface area (Å²) in [6.07, 6.45) is 4.41. The minimum Gasteiger partial charge on any atom is -0.472 e. The Bertz CT molecular complexity index is 1300. The molecular formula is C27H20N2O. The molecular weight excluding hydrogens is 368 g/mol. The minimum absolute atomic E-state index is 0.150. The molecule has 3 heteroatoms. The lowest BCUT2D eigenvalue weighted by atomic mass is 9.92. The van der Waals surface area contributed by atoms with Gasteiger partial charge in [-0.1, -0.05) is 72.8 Å². The fourth-order valence-electron chi connectivity index (χ4n) is 4.01. The molecule has 0 aliphatic carbocycles. The highest BCUT2D eigenvalue weighted by Crippen LogP contribution is 2.33. The van der Waals surface area contributed by atoms with Crippen molar-refractivity contribution < 1.29 is 4.74 Å². The number of fused-ring (bicyclic) bond motifs is 2. The number of benzene rings is 4. The first-order valence-corrected chi connectivity index (χ1v) is 10.1. The molecule has 144 valence electrons. The number of aliphatic imine (C=N–C) groups is 1. The van der Waals surface area contributed by atoms with E-state index in [0.717, 1.165) is 56.2 Å². The number of hydrogen-bond donors (Lipinski definition) is 0. The molecule has 1 atom stereocenters. The van der Waals surface area contributed by atoms with Gasteiger partial charge < -0.3 is 4.74 Å². The van der Waals surface area contributed by atoms with Gasteiger partial charge in [0.1, 0.15) is 12.2 Å². The second-order valence-corrected chi connectivity index (χ2v) is 7.52. The SMILES string of the molecule is CC1CN=C(c2ccc(/C=C/c3c4ccccc4c(C#N)c4ccccc34)cc2)O1. The van der Waals surface area contributed by atoms with Crippen LogP contribution in [0.2, 0.25) is 0 Å². The molecule has 0 N–H and O–H groups in total. The van der Waals surface area contributed by atoms with Gasteiger partial charge in [-0.2, -0.15) is 5.26 Å². The van der Waals surface area contributed by atoms with Crippen LogP contribution in [0.25, 0.3) is 33.7 Å². The van der Waals surface area contributed by atoms with Crippen molar-refractivity contribution in [3.63, 3.8) is 0 Å². The van der Waals surface area contributed by atoms with E-state index in [4.69, 9.17) is 4.74 Å². The molecule has 30 heavy (non-hydrogen) atoms. The van der Waals surface area contributed by atoms with E-state index in [0.29, 0.717) is 0 Å². The average molecular weight is 388 g/mol. The summed E-state index contributed by atoms with van der Waals surface area (Å²) in [7, 11) is 0. The lowest BCUT2D eigenvalue weighted by Crippen LogP contribution is -2.08. The molecule has 1 heterocycles. The van der Waals surface area contributed by atoms with Gasteiger partial charge in [0.2, 0.25) is 5.90 Å². The van der Waals surface area contributed by atoms with E-state index in [2.05, 4.69) is 47.5 Å². The molecule has 0 radical (unpaired) electrons. The van der Waals surface area contributed by atoms with Crippen LogP contribution in [-0.2, 0) is 4.74 Å². The maximum Gasteiger partial charge on any atom is 0.216 e.